The summed E-state index contributed by atoms with van der Waals surface area (Å²) in [6.45, 7) is 2.03. The first-order valence-corrected chi connectivity index (χ1v) is 7.30. The highest BCUT2D eigenvalue weighted by Crippen LogP contribution is 2.17. The Morgan fingerprint density at radius 1 is 1.35 bits per heavy atom. The van der Waals surface area contributed by atoms with Gasteiger partial charge in [-0.3, -0.25) is 9.20 Å². The smallest absolute Gasteiger partial charge is 0.229 e. The average molecular weight is 286 g/mol. The molecule has 0 radical (unpaired) electrons. The number of aromatic nitrogens is 3. The molecule has 3 rings (SSSR count). The number of carbonyl (C=O) groups is 1. The van der Waals surface area contributed by atoms with Gasteiger partial charge in [-0.2, -0.15) is 0 Å². The number of carbonyl (C=O) groups excluding carboxylic acids is 1. The normalized spacial score (nSPS) is 10.8. The number of thiophene rings is 1. The van der Waals surface area contributed by atoms with Crippen LogP contribution < -0.4 is 5.32 Å². The van der Waals surface area contributed by atoms with Gasteiger partial charge < -0.3 is 5.32 Å². The molecule has 3 aromatic heterocycles. The summed E-state index contributed by atoms with van der Waals surface area (Å²) in [6, 6.07) is 7.63. The minimum Gasteiger partial charge on any atom is -0.323 e. The minimum atomic E-state index is -0.0402. The molecule has 3 heterocycles. The van der Waals surface area contributed by atoms with Crippen LogP contribution in [-0.2, 0) is 17.6 Å². The van der Waals surface area contributed by atoms with Crippen LogP contribution in [0.3, 0.4) is 0 Å². The Bertz CT molecular complexity index is 733. The van der Waals surface area contributed by atoms with Crippen molar-refractivity contribution in [3.63, 3.8) is 0 Å². The number of hydrogen-bond acceptors (Lipinski definition) is 4. The fourth-order valence-electron chi connectivity index (χ4n) is 2.07. The van der Waals surface area contributed by atoms with Crippen molar-refractivity contribution in [2.24, 2.45) is 0 Å². The number of hydrogen-bond donors (Lipinski definition) is 1. The second-order valence-electron chi connectivity index (χ2n) is 4.39. The summed E-state index contributed by atoms with van der Waals surface area (Å²) in [7, 11) is 0. The monoisotopic (exact) mass is 286 g/mol. The topological polar surface area (TPSA) is 59.3 Å². The van der Waals surface area contributed by atoms with Gasteiger partial charge in [0.05, 0.1) is 12.1 Å². The van der Waals surface area contributed by atoms with Crippen LogP contribution in [0.4, 0.5) is 5.69 Å². The third kappa shape index (κ3) is 2.42. The van der Waals surface area contributed by atoms with Gasteiger partial charge in [0.1, 0.15) is 5.82 Å². The number of anilines is 1. The van der Waals surface area contributed by atoms with E-state index in [4.69, 9.17) is 0 Å². The highest BCUT2D eigenvalue weighted by molar-refractivity contribution is 7.10. The second kappa shape index (κ2) is 5.42. The molecule has 0 fully saturated rings. The van der Waals surface area contributed by atoms with Crippen molar-refractivity contribution < 1.29 is 4.79 Å². The molecule has 102 valence electrons. The predicted molar refractivity (Wildman–Crippen MR) is 79.0 cm³/mol. The standard InChI is InChI=1S/C14H14N4OS/c1-2-12-16-17-14-11(6-3-7-18(12)14)15-13(19)9-10-5-4-8-20-10/h3-8H,2,9H2,1H3,(H,15,19). The SMILES string of the molecule is CCc1nnc2c(NC(=O)Cc3cccs3)cccn12. The third-order valence-corrected chi connectivity index (χ3v) is 3.89. The van der Waals surface area contributed by atoms with Gasteiger partial charge in [0, 0.05) is 17.5 Å². The van der Waals surface area contributed by atoms with Gasteiger partial charge in [-0.25, -0.2) is 0 Å². The quantitative estimate of drug-likeness (QED) is 0.801. The first kappa shape index (κ1) is 12.8. The molecule has 0 unspecified atom stereocenters. The molecule has 0 saturated heterocycles. The molecule has 0 aliphatic rings. The summed E-state index contributed by atoms with van der Waals surface area (Å²) in [4.78, 5) is 13.1. The maximum Gasteiger partial charge on any atom is 0.229 e. The fraction of sp³-hybridized carbons (Fsp3) is 0.214. The largest absolute Gasteiger partial charge is 0.323 e. The molecule has 0 aromatic carbocycles. The van der Waals surface area contributed by atoms with Gasteiger partial charge in [-0.15, -0.1) is 21.5 Å². The van der Waals surface area contributed by atoms with Crippen molar-refractivity contribution in [2.75, 3.05) is 5.32 Å². The zero-order valence-electron chi connectivity index (χ0n) is 11.0. The highest BCUT2D eigenvalue weighted by Gasteiger charge is 2.11. The Hall–Kier alpha value is -2.21. The zero-order chi connectivity index (χ0) is 13.9. The number of fused-ring (bicyclic) bond motifs is 1. The van der Waals surface area contributed by atoms with Crippen molar-refractivity contribution in [2.45, 2.75) is 19.8 Å². The van der Waals surface area contributed by atoms with Crippen molar-refractivity contribution in [3.05, 3.63) is 46.5 Å². The van der Waals surface area contributed by atoms with Gasteiger partial charge >= 0.3 is 0 Å². The summed E-state index contributed by atoms with van der Waals surface area (Å²) >= 11 is 1.58. The van der Waals surface area contributed by atoms with Gasteiger partial charge in [0.25, 0.3) is 0 Å². The van der Waals surface area contributed by atoms with E-state index in [1.807, 2.05) is 47.2 Å². The number of rotatable bonds is 4. The van der Waals surface area contributed by atoms with Crippen LogP contribution in [0.15, 0.2) is 35.8 Å². The Morgan fingerprint density at radius 2 is 2.25 bits per heavy atom. The molecule has 1 amide bonds. The van der Waals surface area contributed by atoms with Crippen LogP contribution in [-0.4, -0.2) is 20.5 Å². The van der Waals surface area contributed by atoms with Gasteiger partial charge in [-0.1, -0.05) is 13.0 Å². The third-order valence-electron chi connectivity index (χ3n) is 3.01. The van der Waals surface area contributed by atoms with E-state index in [9.17, 15) is 4.79 Å². The van der Waals surface area contributed by atoms with Gasteiger partial charge in [0.2, 0.25) is 5.91 Å². The lowest BCUT2D eigenvalue weighted by Crippen LogP contribution is -2.14. The van der Waals surface area contributed by atoms with Crippen LogP contribution >= 0.6 is 11.3 Å². The fourth-order valence-corrected chi connectivity index (χ4v) is 2.77. The average Bonchev–Trinajstić information content (AvgIpc) is 3.07. The van der Waals surface area contributed by atoms with Crippen LogP contribution in [0.25, 0.3) is 5.65 Å². The van der Waals surface area contributed by atoms with Crippen molar-refractivity contribution in [3.8, 4) is 0 Å². The molecule has 0 atom stereocenters. The van der Waals surface area contributed by atoms with Crippen LogP contribution in [0.1, 0.15) is 17.6 Å². The maximum atomic E-state index is 12.0. The molecule has 1 N–H and O–H groups in total. The van der Waals surface area contributed by atoms with Crippen molar-refractivity contribution in [1.29, 1.82) is 0 Å². The summed E-state index contributed by atoms with van der Waals surface area (Å²) in [6.07, 6.45) is 3.09. The maximum absolute atomic E-state index is 12.0. The van der Waals surface area contributed by atoms with E-state index in [2.05, 4.69) is 15.5 Å². The van der Waals surface area contributed by atoms with E-state index in [1.165, 1.54) is 0 Å². The van der Waals surface area contributed by atoms with E-state index in [1.54, 1.807) is 11.3 Å². The lowest BCUT2D eigenvalue weighted by Gasteiger charge is -2.05. The number of aryl methyl sites for hydroxylation is 1. The number of nitrogens with one attached hydrogen (secondary N) is 1. The predicted octanol–water partition coefficient (Wildman–Crippen LogP) is 2.53. The van der Waals surface area contributed by atoms with Crippen LogP contribution in [0.5, 0.6) is 0 Å². The molecule has 5 nitrogen and oxygen atoms in total. The van der Waals surface area contributed by atoms with E-state index in [0.717, 1.165) is 17.1 Å². The van der Waals surface area contributed by atoms with Gasteiger partial charge in [0.15, 0.2) is 5.65 Å². The van der Waals surface area contributed by atoms with Crippen LogP contribution in [0, 0.1) is 0 Å². The van der Waals surface area contributed by atoms with Crippen molar-refractivity contribution >= 4 is 28.6 Å². The molecular formula is C14H14N4OS. The molecule has 0 aliphatic carbocycles. The van der Waals surface area contributed by atoms with E-state index in [0.29, 0.717) is 17.8 Å². The number of nitrogens with zero attached hydrogens (tertiary/aromatic N) is 3. The first-order chi connectivity index (χ1) is 9.78. The summed E-state index contributed by atoms with van der Waals surface area (Å²) in [5.74, 6) is 0.843. The Kier molecular flexibility index (Phi) is 3.47. The highest BCUT2D eigenvalue weighted by atomic mass is 32.1. The zero-order valence-corrected chi connectivity index (χ0v) is 11.9. The molecule has 20 heavy (non-hydrogen) atoms. The molecular weight excluding hydrogens is 272 g/mol. The molecule has 6 heteroatoms. The Labute approximate surface area is 120 Å². The molecule has 3 aromatic rings. The molecule has 0 saturated carbocycles. The Balaban J connectivity index is 1.83. The lowest BCUT2D eigenvalue weighted by molar-refractivity contribution is -0.115. The molecule has 0 aliphatic heterocycles. The van der Waals surface area contributed by atoms with E-state index >= 15 is 0 Å². The lowest BCUT2D eigenvalue weighted by atomic mass is 10.3. The first-order valence-electron chi connectivity index (χ1n) is 6.43. The minimum absolute atomic E-state index is 0.0402. The van der Waals surface area contributed by atoms with Crippen molar-refractivity contribution in [1.82, 2.24) is 14.6 Å². The van der Waals surface area contributed by atoms with E-state index < -0.39 is 0 Å². The Morgan fingerprint density at radius 3 is 3.00 bits per heavy atom. The van der Waals surface area contributed by atoms with Crippen LogP contribution in [0.2, 0.25) is 0 Å². The molecule has 0 spiro atoms. The summed E-state index contributed by atoms with van der Waals surface area (Å²) < 4.78 is 1.90. The summed E-state index contributed by atoms with van der Waals surface area (Å²) in [5.41, 5.74) is 1.38. The number of amides is 1. The van der Waals surface area contributed by atoms with Gasteiger partial charge in [-0.05, 0) is 23.6 Å². The summed E-state index contributed by atoms with van der Waals surface area (Å²) in [5, 5.41) is 13.1. The second-order valence-corrected chi connectivity index (χ2v) is 5.42. The van der Waals surface area contributed by atoms with E-state index in [-0.39, 0.29) is 5.91 Å². The number of pyridine rings is 1. The molecule has 0 bridgehead atoms.